The summed E-state index contributed by atoms with van der Waals surface area (Å²) in [7, 11) is 2.07. The predicted molar refractivity (Wildman–Crippen MR) is 72.2 cm³/mol. The SMILES string of the molecule is CC(NCCN(C)C(C)C)c1ccc(O)cc1F. The maximum atomic E-state index is 13.6. The Morgan fingerprint density at radius 2 is 2.00 bits per heavy atom. The summed E-state index contributed by atoms with van der Waals surface area (Å²) in [6.07, 6.45) is 0. The first kappa shape index (κ1) is 14.9. The van der Waals surface area contributed by atoms with Crippen LogP contribution < -0.4 is 5.32 Å². The van der Waals surface area contributed by atoms with E-state index in [1.54, 1.807) is 6.07 Å². The van der Waals surface area contributed by atoms with Crippen LogP contribution in [0.15, 0.2) is 18.2 Å². The lowest BCUT2D eigenvalue weighted by Crippen LogP contribution is -2.34. The van der Waals surface area contributed by atoms with E-state index in [4.69, 9.17) is 5.11 Å². The van der Waals surface area contributed by atoms with Gasteiger partial charge in [-0.3, -0.25) is 0 Å². The summed E-state index contributed by atoms with van der Waals surface area (Å²) in [6, 6.07) is 4.72. The fourth-order valence-electron chi connectivity index (χ4n) is 1.69. The van der Waals surface area contributed by atoms with Crippen molar-refractivity contribution in [2.75, 3.05) is 20.1 Å². The highest BCUT2D eigenvalue weighted by molar-refractivity contribution is 5.29. The lowest BCUT2D eigenvalue weighted by molar-refractivity contribution is 0.269. The van der Waals surface area contributed by atoms with Crippen LogP contribution in [0.5, 0.6) is 5.75 Å². The molecule has 0 bridgehead atoms. The van der Waals surface area contributed by atoms with Crippen LogP contribution >= 0.6 is 0 Å². The predicted octanol–water partition coefficient (Wildman–Crippen LogP) is 2.52. The van der Waals surface area contributed by atoms with E-state index >= 15 is 0 Å². The highest BCUT2D eigenvalue weighted by atomic mass is 19.1. The van der Waals surface area contributed by atoms with Gasteiger partial charge in [-0.05, 0) is 33.9 Å². The van der Waals surface area contributed by atoms with Crippen molar-refractivity contribution in [3.63, 3.8) is 0 Å². The highest BCUT2D eigenvalue weighted by Gasteiger charge is 2.11. The van der Waals surface area contributed by atoms with Crippen molar-refractivity contribution >= 4 is 0 Å². The molecule has 0 aliphatic carbocycles. The van der Waals surface area contributed by atoms with Crippen molar-refractivity contribution in [2.45, 2.75) is 32.9 Å². The second kappa shape index (κ2) is 6.71. The minimum Gasteiger partial charge on any atom is -0.508 e. The number of aromatic hydroxyl groups is 1. The summed E-state index contributed by atoms with van der Waals surface area (Å²) in [6.45, 7) is 7.93. The number of phenolic OH excluding ortho intramolecular Hbond substituents is 1. The van der Waals surface area contributed by atoms with E-state index in [-0.39, 0.29) is 17.6 Å². The molecule has 0 radical (unpaired) electrons. The van der Waals surface area contributed by atoms with Crippen LogP contribution in [0.25, 0.3) is 0 Å². The van der Waals surface area contributed by atoms with Gasteiger partial charge >= 0.3 is 0 Å². The molecular weight excluding hydrogens is 231 g/mol. The Labute approximate surface area is 109 Å². The third kappa shape index (κ3) is 4.27. The Kier molecular flexibility index (Phi) is 5.56. The maximum Gasteiger partial charge on any atom is 0.131 e. The molecule has 102 valence electrons. The number of phenols is 1. The van der Waals surface area contributed by atoms with Crippen LogP contribution in [0.4, 0.5) is 4.39 Å². The van der Waals surface area contributed by atoms with Gasteiger partial charge in [0.1, 0.15) is 11.6 Å². The van der Waals surface area contributed by atoms with Crippen molar-refractivity contribution < 1.29 is 9.50 Å². The zero-order valence-corrected chi connectivity index (χ0v) is 11.6. The topological polar surface area (TPSA) is 35.5 Å². The second-order valence-corrected chi connectivity index (χ2v) is 4.96. The largest absolute Gasteiger partial charge is 0.508 e. The summed E-state index contributed by atoms with van der Waals surface area (Å²) in [5.41, 5.74) is 0.583. The quantitative estimate of drug-likeness (QED) is 0.819. The molecule has 0 aliphatic rings. The molecule has 18 heavy (non-hydrogen) atoms. The van der Waals surface area contributed by atoms with Gasteiger partial charge in [0, 0.05) is 36.8 Å². The van der Waals surface area contributed by atoms with Gasteiger partial charge in [0.15, 0.2) is 0 Å². The molecule has 4 heteroatoms. The van der Waals surface area contributed by atoms with E-state index in [9.17, 15) is 4.39 Å². The van der Waals surface area contributed by atoms with E-state index in [1.807, 2.05) is 6.92 Å². The van der Waals surface area contributed by atoms with Crippen LogP contribution in [0, 0.1) is 5.82 Å². The van der Waals surface area contributed by atoms with Crippen LogP contribution in [0.2, 0.25) is 0 Å². The average Bonchev–Trinajstić information content (AvgIpc) is 2.28. The summed E-state index contributed by atoms with van der Waals surface area (Å²) in [4.78, 5) is 2.23. The van der Waals surface area contributed by atoms with Crippen molar-refractivity contribution in [1.29, 1.82) is 0 Å². The molecule has 0 aromatic heterocycles. The summed E-state index contributed by atoms with van der Waals surface area (Å²) >= 11 is 0. The first-order chi connectivity index (χ1) is 8.41. The number of nitrogens with one attached hydrogen (secondary N) is 1. The van der Waals surface area contributed by atoms with Crippen molar-refractivity contribution in [2.24, 2.45) is 0 Å². The van der Waals surface area contributed by atoms with Crippen molar-refractivity contribution in [3.05, 3.63) is 29.6 Å². The lowest BCUT2D eigenvalue weighted by Gasteiger charge is -2.22. The highest BCUT2D eigenvalue weighted by Crippen LogP contribution is 2.20. The molecule has 0 spiro atoms. The van der Waals surface area contributed by atoms with Gasteiger partial charge in [-0.2, -0.15) is 0 Å². The van der Waals surface area contributed by atoms with Crippen LogP contribution in [-0.4, -0.2) is 36.2 Å². The van der Waals surface area contributed by atoms with E-state index in [0.29, 0.717) is 11.6 Å². The molecule has 0 saturated carbocycles. The number of hydrogen-bond acceptors (Lipinski definition) is 3. The van der Waals surface area contributed by atoms with Gasteiger partial charge in [-0.25, -0.2) is 4.39 Å². The minimum atomic E-state index is -0.368. The fourth-order valence-corrected chi connectivity index (χ4v) is 1.69. The summed E-state index contributed by atoms with van der Waals surface area (Å²) in [5.74, 6) is -0.407. The maximum absolute atomic E-state index is 13.6. The normalized spacial score (nSPS) is 13.3. The number of hydrogen-bond donors (Lipinski definition) is 2. The zero-order chi connectivity index (χ0) is 13.7. The van der Waals surface area contributed by atoms with Crippen molar-refractivity contribution in [3.8, 4) is 5.75 Å². The smallest absolute Gasteiger partial charge is 0.131 e. The Bertz CT molecular complexity index is 382. The fraction of sp³-hybridized carbons (Fsp3) is 0.571. The van der Waals surface area contributed by atoms with Crippen molar-refractivity contribution in [1.82, 2.24) is 10.2 Å². The molecule has 2 N–H and O–H groups in total. The van der Waals surface area contributed by atoms with Gasteiger partial charge in [-0.1, -0.05) is 6.07 Å². The Hall–Kier alpha value is -1.13. The molecule has 1 atom stereocenters. The number of halogens is 1. The Morgan fingerprint density at radius 1 is 1.33 bits per heavy atom. The van der Waals surface area contributed by atoms with Crippen LogP contribution in [0.3, 0.4) is 0 Å². The number of nitrogens with zero attached hydrogens (tertiary/aromatic N) is 1. The Morgan fingerprint density at radius 3 is 2.56 bits per heavy atom. The molecule has 0 heterocycles. The molecule has 0 fully saturated rings. The molecule has 0 aliphatic heterocycles. The monoisotopic (exact) mass is 254 g/mol. The average molecular weight is 254 g/mol. The molecule has 1 unspecified atom stereocenters. The van der Waals surface area contributed by atoms with Gasteiger partial charge in [0.05, 0.1) is 0 Å². The minimum absolute atomic E-state index is 0.0389. The van der Waals surface area contributed by atoms with Gasteiger partial charge in [-0.15, -0.1) is 0 Å². The van der Waals surface area contributed by atoms with Gasteiger partial charge in [0.25, 0.3) is 0 Å². The lowest BCUT2D eigenvalue weighted by atomic mass is 10.1. The molecule has 0 saturated heterocycles. The number of rotatable bonds is 6. The zero-order valence-electron chi connectivity index (χ0n) is 11.6. The molecule has 1 aromatic carbocycles. The van der Waals surface area contributed by atoms with E-state index in [0.717, 1.165) is 19.2 Å². The Balaban J connectivity index is 2.48. The second-order valence-electron chi connectivity index (χ2n) is 4.96. The first-order valence-electron chi connectivity index (χ1n) is 6.34. The van der Waals surface area contributed by atoms with E-state index in [2.05, 4.69) is 31.1 Å². The molecule has 3 nitrogen and oxygen atoms in total. The summed E-state index contributed by atoms with van der Waals surface area (Å²) < 4.78 is 13.6. The third-order valence-corrected chi connectivity index (χ3v) is 3.25. The third-order valence-electron chi connectivity index (χ3n) is 3.25. The van der Waals surface area contributed by atoms with E-state index in [1.165, 1.54) is 6.07 Å². The molecular formula is C14H23FN2O. The molecule has 1 aromatic rings. The van der Waals surface area contributed by atoms with Crippen LogP contribution in [-0.2, 0) is 0 Å². The summed E-state index contributed by atoms with van der Waals surface area (Å²) in [5, 5.41) is 12.4. The number of benzene rings is 1. The van der Waals surface area contributed by atoms with Crippen LogP contribution in [0.1, 0.15) is 32.4 Å². The number of likely N-dealkylation sites (N-methyl/N-ethyl adjacent to an activating group) is 1. The first-order valence-corrected chi connectivity index (χ1v) is 6.34. The standard InChI is InChI=1S/C14H23FN2O/c1-10(2)17(4)8-7-16-11(3)13-6-5-12(18)9-14(13)15/h5-6,9-11,16,18H,7-8H2,1-4H3. The van der Waals surface area contributed by atoms with E-state index < -0.39 is 0 Å². The molecule has 0 amide bonds. The molecule has 1 rings (SSSR count). The van der Waals surface area contributed by atoms with Gasteiger partial charge < -0.3 is 15.3 Å². The van der Waals surface area contributed by atoms with Gasteiger partial charge in [0.2, 0.25) is 0 Å².